The highest BCUT2D eigenvalue weighted by atomic mass is 35.5. The van der Waals surface area contributed by atoms with Crippen LogP contribution in [-0.2, 0) is 11.3 Å². The molecule has 120 valence electrons. The minimum Gasteiger partial charge on any atom is -0.336 e. The predicted octanol–water partition coefficient (Wildman–Crippen LogP) is 0.912. The van der Waals surface area contributed by atoms with Gasteiger partial charge in [-0.3, -0.25) is 4.79 Å². The lowest BCUT2D eigenvalue weighted by atomic mass is 10.2. The molecule has 1 saturated heterocycles. The largest absolute Gasteiger partial charge is 0.336 e. The maximum atomic E-state index is 12.6. The van der Waals surface area contributed by atoms with Gasteiger partial charge in [0.2, 0.25) is 5.91 Å². The molecule has 0 radical (unpaired) electrons. The summed E-state index contributed by atoms with van der Waals surface area (Å²) < 4.78 is 0. The number of nitrogens with zero attached hydrogens (tertiary/aromatic N) is 2. The van der Waals surface area contributed by atoms with Gasteiger partial charge in [-0.1, -0.05) is 23.7 Å². The van der Waals surface area contributed by atoms with Gasteiger partial charge >= 0.3 is 6.03 Å². The fourth-order valence-corrected chi connectivity index (χ4v) is 2.48. The molecule has 1 heterocycles. The lowest BCUT2D eigenvalue weighted by Gasteiger charge is -2.26. The van der Waals surface area contributed by atoms with Crippen LogP contribution >= 0.6 is 11.6 Å². The monoisotopic (exact) mass is 324 g/mol. The number of benzene rings is 1. The second-order valence-corrected chi connectivity index (χ2v) is 6.04. The Morgan fingerprint density at radius 3 is 2.73 bits per heavy atom. The summed E-state index contributed by atoms with van der Waals surface area (Å²) >= 11 is 6.00. The molecule has 2 N–H and O–H groups in total. The average Bonchev–Trinajstić information content (AvgIpc) is 2.89. The third-order valence-electron chi connectivity index (χ3n) is 3.46. The SMILES string of the molecule is CN(C)CCN(Cc1cccc(Cl)c1)C(=O)[C@H]1CNC(=O)N1. The van der Waals surface area contributed by atoms with Crippen molar-refractivity contribution in [1.82, 2.24) is 20.4 Å². The third kappa shape index (κ3) is 4.61. The Labute approximate surface area is 135 Å². The van der Waals surface area contributed by atoms with Crippen LogP contribution in [0.3, 0.4) is 0 Å². The van der Waals surface area contributed by atoms with Gasteiger partial charge in [-0.25, -0.2) is 4.79 Å². The van der Waals surface area contributed by atoms with Crippen LogP contribution in [0.1, 0.15) is 5.56 Å². The van der Waals surface area contributed by atoms with Crippen molar-refractivity contribution in [2.24, 2.45) is 0 Å². The normalized spacial score (nSPS) is 17.3. The maximum absolute atomic E-state index is 12.6. The molecule has 0 spiro atoms. The first-order valence-corrected chi connectivity index (χ1v) is 7.56. The van der Waals surface area contributed by atoms with E-state index in [1.54, 1.807) is 11.0 Å². The van der Waals surface area contributed by atoms with Crippen LogP contribution in [-0.4, -0.2) is 61.5 Å². The first-order valence-electron chi connectivity index (χ1n) is 7.18. The lowest BCUT2D eigenvalue weighted by Crippen LogP contribution is -2.47. The molecule has 0 aliphatic carbocycles. The van der Waals surface area contributed by atoms with Crippen molar-refractivity contribution in [2.75, 3.05) is 33.7 Å². The van der Waals surface area contributed by atoms with Crippen LogP contribution in [0.2, 0.25) is 5.02 Å². The van der Waals surface area contributed by atoms with E-state index in [2.05, 4.69) is 10.6 Å². The second kappa shape index (κ2) is 7.47. The minimum atomic E-state index is -0.506. The molecular formula is C15H21ClN4O2. The summed E-state index contributed by atoms with van der Waals surface area (Å²) in [4.78, 5) is 27.6. The summed E-state index contributed by atoms with van der Waals surface area (Å²) in [6.07, 6.45) is 0. The van der Waals surface area contributed by atoms with Crippen molar-refractivity contribution in [3.05, 3.63) is 34.9 Å². The lowest BCUT2D eigenvalue weighted by molar-refractivity contribution is -0.133. The van der Waals surface area contributed by atoms with Crippen LogP contribution < -0.4 is 10.6 Å². The van der Waals surface area contributed by atoms with E-state index in [1.165, 1.54) is 0 Å². The Morgan fingerprint density at radius 1 is 1.36 bits per heavy atom. The number of carbonyl (C=O) groups excluding carboxylic acids is 2. The van der Waals surface area contributed by atoms with Crippen molar-refractivity contribution in [3.8, 4) is 0 Å². The van der Waals surface area contributed by atoms with Gasteiger partial charge < -0.3 is 20.4 Å². The zero-order valence-electron chi connectivity index (χ0n) is 12.8. The minimum absolute atomic E-state index is 0.0832. The number of hydrogen-bond acceptors (Lipinski definition) is 3. The Bertz CT molecular complexity index is 550. The summed E-state index contributed by atoms with van der Waals surface area (Å²) in [6, 6.07) is 6.65. The Morgan fingerprint density at radius 2 is 2.14 bits per heavy atom. The molecule has 1 aliphatic rings. The highest BCUT2D eigenvalue weighted by molar-refractivity contribution is 6.30. The zero-order valence-corrected chi connectivity index (χ0v) is 13.6. The molecule has 1 aromatic rings. The Hall–Kier alpha value is -1.79. The van der Waals surface area contributed by atoms with E-state index >= 15 is 0 Å². The number of nitrogens with one attached hydrogen (secondary N) is 2. The molecule has 7 heteroatoms. The predicted molar refractivity (Wildman–Crippen MR) is 85.7 cm³/mol. The van der Waals surface area contributed by atoms with Gasteiger partial charge in [0, 0.05) is 31.2 Å². The van der Waals surface area contributed by atoms with Gasteiger partial charge in [0.1, 0.15) is 6.04 Å². The van der Waals surface area contributed by atoms with Crippen LogP contribution in [0.5, 0.6) is 0 Å². The summed E-state index contributed by atoms with van der Waals surface area (Å²) in [5.74, 6) is -0.0832. The van der Waals surface area contributed by atoms with Gasteiger partial charge in [-0.15, -0.1) is 0 Å². The van der Waals surface area contributed by atoms with Crippen LogP contribution in [0.4, 0.5) is 4.79 Å². The summed E-state index contributed by atoms with van der Waals surface area (Å²) in [5.41, 5.74) is 0.969. The summed E-state index contributed by atoms with van der Waals surface area (Å²) in [6.45, 7) is 2.14. The molecule has 1 aliphatic heterocycles. The van der Waals surface area contributed by atoms with Crippen molar-refractivity contribution >= 4 is 23.5 Å². The molecule has 0 aromatic heterocycles. The maximum Gasteiger partial charge on any atom is 0.315 e. The molecule has 22 heavy (non-hydrogen) atoms. The number of urea groups is 1. The molecule has 1 atom stereocenters. The highest BCUT2D eigenvalue weighted by Crippen LogP contribution is 2.13. The van der Waals surface area contributed by atoms with E-state index in [4.69, 9.17) is 11.6 Å². The molecular weight excluding hydrogens is 304 g/mol. The van der Waals surface area contributed by atoms with Gasteiger partial charge in [-0.2, -0.15) is 0 Å². The van der Waals surface area contributed by atoms with Gasteiger partial charge in [0.15, 0.2) is 0 Å². The van der Waals surface area contributed by atoms with E-state index in [0.717, 1.165) is 12.1 Å². The van der Waals surface area contributed by atoms with Gasteiger partial charge in [0.25, 0.3) is 0 Å². The molecule has 1 fully saturated rings. The number of hydrogen-bond donors (Lipinski definition) is 2. The number of rotatable bonds is 6. The van der Waals surface area contributed by atoms with Crippen molar-refractivity contribution < 1.29 is 9.59 Å². The quantitative estimate of drug-likeness (QED) is 0.817. The van der Waals surface area contributed by atoms with Crippen LogP contribution in [0.15, 0.2) is 24.3 Å². The number of halogens is 1. The third-order valence-corrected chi connectivity index (χ3v) is 3.70. The molecule has 0 unspecified atom stereocenters. The van der Waals surface area contributed by atoms with E-state index in [9.17, 15) is 9.59 Å². The van der Waals surface area contributed by atoms with Gasteiger partial charge in [-0.05, 0) is 31.8 Å². The molecule has 1 aromatic carbocycles. The summed E-state index contributed by atoms with van der Waals surface area (Å²) in [5, 5.41) is 5.90. The molecule has 0 bridgehead atoms. The van der Waals surface area contributed by atoms with Gasteiger partial charge in [0.05, 0.1) is 0 Å². The van der Waals surface area contributed by atoms with Crippen molar-refractivity contribution in [3.63, 3.8) is 0 Å². The molecule has 0 saturated carbocycles. The van der Waals surface area contributed by atoms with E-state index in [0.29, 0.717) is 24.7 Å². The Kier molecular flexibility index (Phi) is 5.63. The fraction of sp³-hybridized carbons (Fsp3) is 0.467. The molecule has 6 nitrogen and oxygen atoms in total. The topological polar surface area (TPSA) is 64.7 Å². The fourth-order valence-electron chi connectivity index (χ4n) is 2.27. The number of amides is 3. The molecule has 3 amide bonds. The second-order valence-electron chi connectivity index (χ2n) is 5.60. The van der Waals surface area contributed by atoms with E-state index in [1.807, 2.05) is 37.2 Å². The van der Waals surface area contributed by atoms with E-state index in [-0.39, 0.29) is 11.9 Å². The molecule has 2 rings (SSSR count). The standard InChI is InChI=1S/C15H21ClN4O2/c1-19(2)6-7-20(10-11-4-3-5-12(16)8-11)14(21)13-9-17-15(22)18-13/h3-5,8,13H,6-7,9-10H2,1-2H3,(H2,17,18,22)/t13-/m1/s1. The zero-order chi connectivity index (χ0) is 16.1. The average molecular weight is 325 g/mol. The number of carbonyl (C=O) groups is 2. The van der Waals surface area contributed by atoms with Crippen LogP contribution in [0.25, 0.3) is 0 Å². The smallest absolute Gasteiger partial charge is 0.315 e. The summed E-state index contributed by atoms with van der Waals surface area (Å²) in [7, 11) is 3.92. The van der Waals surface area contributed by atoms with Crippen molar-refractivity contribution in [1.29, 1.82) is 0 Å². The highest BCUT2D eigenvalue weighted by Gasteiger charge is 2.30. The van der Waals surface area contributed by atoms with Crippen LogP contribution in [0, 0.1) is 0 Å². The number of likely N-dealkylation sites (N-methyl/N-ethyl adjacent to an activating group) is 1. The van der Waals surface area contributed by atoms with E-state index < -0.39 is 6.04 Å². The van der Waals surface area contributed by atoms with Crippen molar-refractivity contribution in [2.45, 2.75) is 12.6 Å². The first-order chi connectivity index (χ1) is 10.5. The first kappa shape index (κ1) is 16.6. The Balaban J connectivity index is 2.07.